The molecule has 0 rings (SSSR count). The normalized spacial score (nSPS) is 1.50. The maximum absolute atomic E-state index is 3.22. The molecule has 0 N–H and O–H groups in total. The third-order valence-electron chi connectivity index (χ3n) is 0. The second-order valence-electron chi connectivity index (χ2n) is 0. The molecule has 0 amide bonds. The van der Waals surface area contributed by atoms with Crippen molar-refractivity contribution in [3.05, 3.63) is 0 Å². The molecule has 4 heteroatoms. The summed E-state index contributed by atoms with van der Waals surface area (Å²) in [4.78, 5) is 0. The fourth-order valence-electron chi connectivity index (χ4n) is 0. The summed E-state index contributed by atoms with van der Waals surface area (Å²) < 4.78 is 0. The second kappa shape index (κ2) is 22.1. The molecule has 0 aliphatic heterocycles. The van der Waals surface area contributed by atoms with Crippen molar-refractivity contribution in [2.75, 3.05) is 0 Å². The van der Waals surface area contributed by atoms with Gasteiger partial charge in [-0.25, -0.2) is 0 Å². The van der Waals surface area contributed by atoms with Gasteiger partial charge in [0.05, 0.1) is 0 Å². The Labute approximate surface area is 56.7 Å². The van der Waals surface area contributed by atoms with Crippen LogP contribution in [0.3, 0.4) is 0 Å². The molecule has 32 valence electrons. The van der Waals surface area contributed by atoms with Gasteiger partial charge in [0.2, 0.25) is 0 Å². The van der Waals surface area contributed by atoms with Crippen LogP contribution in [0.4, 0.5) is 0 Å². The monoisotopic (exact) mass is 180 g/mol. The molecule has 0 nitrogen and oxygen atoms in total. The molecule has 0 saturated carbocycles. The van der Waals surface area contributed by atoms with E-state index in [-0.39, 0.29) is 33.6 Å². The van der Waals surface area contributed by atoms with Crippen LogP contribution in [0.2, 0.25) is 0 Å². The molecule has 0 aromatic carbocycles. The fourth-order valence-corrected chi connectivity index (χ4v) is 0. The van der Waals surface area contributed by atoms with Crippen LogP contribution in [-0.4, -0.2) is 0 Å². The standard InChI is InChI=1S/Fe.Ni.H2S2/c;;1-2/h;;1-2H. The van der Waals surface area contributed by atoms with Gasteiger partial charge in [-0.05, 0) is 0 Å². The molecular weight excluding hydrogens is 179 g/mol. The van der Waals surface area contributed by atoms with Gasteiger partial charge >= 0.3 is 0 Å². The zero-order valence-corrected chi connectivity index (χ0v) is 5.44. The van der Waals surface area contributed by atoms with E-state index in [1.807, 2.05) is 0 Å². The molecule has 0 bridgehead atoms. The summed E-state index contributed by atoms with van der Waals surface area (Å²) in [5, 5.41) is 0. The predicted octanol–water partition coefficient (Wildman–Crippen LogP) is 0.756. The quantitative estimate of drug-likeness (QED) is 0.307. The molecular formula is H2FeNiS2. The summed E-state index contributed by atoms with van der Waals surface area (Å²) >= 11 is 6.44. The number of hydrogen-bond acceptors (Lipinski definition) is 2. The van der Waals surface area contributed by atoms with Gasteiger partial charge in [0.25, 0.3) is 0 Å². The zero-order valence-electron chi connectivity index (χ0n) is 1.56. The molecule has 0 fully saturated rings. The topological polar surface area (TPSA) is 0 Å². The summed E-state index contributed by atoms with van der Waals surface area (Å²) in [6, 6.07) is 0. The Morgan fingerprint density at radius 3 is 1.00 bits per heavy atom. The van der Waals surface area contributed by atoms with Gasteiger partial charge in [-0.2, -0.15) is 0 Å². The SMILES string of the molecule is SS.[Fe].[Ni]. The largest absolute Gasteiger partial charge is 0.115 e. The summed E-state index contributed by atoms with van der Waals surface area (Å²) in [7, 11) is 0. The van der Waals surface area contributed by atoms with Gasteiger partial charge in [0.1, 0.15) is 0 Å². The van der Waals surface area contributed by atoms with Crippen molar-refractivity contribution in [1.82, 2.24) is 0 Å². The van der Waals surface area contributed by atoms with Crippen molar-refractivity contribution in [2.45, 2.75) is 0 Å². The molecule has 0 aromatic rings. The van der Waals surface area contributed by atoms with Gasteiger partial charge in [-0.15, -0.1) is 23.3 Å². The molecule has 0 heterocycles. The van der Waals surface area contributed by atoms with Crippen LogP contribution in [0.15, 0.2) is 0 Å². The maximum Gasteiger partial charge on any atom is 0 e. The van der Waals surface area contributed by atoms with Crippen LogP contribution in [0.1, 0.15) is 0 Å². The first-order valence-corrected chi connectivity index (χ1v) is 1.80. The second-order valence-corrected chi connectivity index (χ2v) is 0. The third-order valence-corrected chi connectivity index (χ3v) is 0. The molecule has 0 saturated heterocycles. The van der Waals surface area contributed by atoms with E-state index >= 15 is 0 Å². The summed E-state index contributed by atoms with van der Waals surface area (Å²) in [5.41, 5.74) is 0. The minimum Gasteiger partial charge on any atom is -0.115 e. The van der Waals surface area contributed by atoms with Gasteiger partial charge in [-0.3, -0.25) is 0 Å². The van der Waals surface area contributed by atoms with E-state index in [0.717, 1.165) is 0 Å². The van der Waals surface area contributed by atoms with Crippen LogP contribution in [0.25, 0.3) is 0 Å². The van der Waals surface area contributed by atoms with Gasteiger partial charge in [0, 0.05) is 33.6 Å². The summed E-state index contributed by atoms with van der Waals surface area (Å²) in [5.74, 6) is 0. The smallest absolute Gasteiger partial charge is 0 e. The molecule has 0 atom stereocenters. The van der Waals surface area contributed by atoms with Crippen molar-refractivity contribution in [2.24, 2.45) is 0 Å². The Bertz CT molecular complexity index is 6.00. The van der Waals surface area contributed by atoms with Gasteiger partial charge in [-0.1, -0.05) is 0 Å². The average Bonchev–Trinajstić information content (AvgIpc) is 1.00. The number of hydrogen-bond donors (Lipinski definition) is 2. The summed E-state index contributed by atoms with van der Waals surface area (Å²) in [6.45, 7) is 0. The zero-order chi connectivity index (χ0) is 2.00. The fraction of sp³-hybridized carbons (Fsp3) is 0. The Hall–Kier alpha value is 1.71. The van der Waals surface area contributed by atoms with Gasteiger partial charge in [0.15, 0.2) is 0 Å². The van der Waals surface area contributed by atoms with E-state index in [9.17, 15) is 0 Å². The Balaban J connectivity index is -0.00000000500. The minimum absolute atomic E-state index is 0. The van der Waals surface area contributed by atoms with Crippen molar-refractivity contribution in [3.8, 4) is 0 Å². The van der Waals surface area contributed by atoms with E-state index < -0.39 is 0 Å². The molecule has 0 aliphatic rings. The molecule has 0 aromatic heterocycles. The third kappa shape index (κ3) is 9.31. The molecule has 0 radical (unpaired) electrons. The van der Waals surface area contributed by atoms with Crippen LogP contribution in [0.5, 0.6) is 0 Å². The first kappa shape index (κ1) is 17.2. The predicted molar refractivity (Wildman–Crippen MR) is 18.0 cm³/mol. The molecule has 0 spiro atoms. The van der Waals surface area contributed by atoms with E-state index in [1.165, 1.54) is 0 Å². The van der Waals surface area contributed by atoms with Crippen LogP contribution < -0.4 is 0 Å². The number of rotatable bonds is 0. The van der Waals surface area contributed by atoms with E-state index in [2.05, 4.69) is 23.3 Å². The van der Waals surface area contributed by atoms with Crippen molar-refractivity contribution >= 4 is 23.3 Å². The first-order valence-electron chi connectivity index (χ1n) is 0.200. The van der Waals surface area contributed by atoms with E-state index in [1.54, 1.807) is 0 Å². The van der Waals surface area contributed by atoms with Crippen molar-refractivity contribution in [1.29, 1.82) is 0 Å². The maximum atomic E-state index is 3.22. The minimum atomic E-state index is 0. The Morgan fingerprint density at radius 2 is 1.00 bits per heavy atom. The van der Waals surface area contributed by atoms with Crippen LogP contribution in [-0.2, 0) is 33.6 Å². The first-order chi connectivity index (χ1) is 1.00. The Kier molecular flexibility index (Phi) is 95.4. The van der Waals surface area contributed by atoms with Gasteiger partial charge < -0.3 is 0 Å². The Morgan fingerprint density at radius 1 is 1.00 bits per heavy atom. The van der Waals surface area contributed by atoms with E-state index in [0.29, 0.717) is 0 Å². The van der Waals surface area contributed by atoms with Crippen molar-refractivity contribution < 1.29 is 33.6 Å². The molecule has 0 unspecified atom stereocenters. The van der Waals surface area contributed by atoms with Crippen molar-refractivity contribution in [3.63, 3.8) is 0 Å². The number of thiol groups is 2. The van der Waals surface area contributed by atoms with Crippen LogP contribution in [0, 0.1) is 0 Å². The van der Waals surface area contributed by atoms with E-state index in [4.69, 9.17) is 0 Å². The molecule has 4 heavy (non-hydrogen) atoms. The summed E-state index contributed by atoms with van der Waals surface area (Å²) in [6.07, 6.45) is 0. The average molecular weight is 181 g/mol. The molecule has 0 aliphatic carbocycles. The van der Waals surface area contributed by atoms with Crippen LogP contribution >= 0.6 is 23.3 Å².